The van der Waals surface area contributed by atoms with Crippen LogP contribution in [0.1, 0.15) is 86.5 Å². The zero-order valence-corrected chi connectivity index (χ0v) is 10.0. The van der Waals surface area contributed by atoms with Crippen molar-refractivity contribution in [2.45, 2.75) is 86.5 Å². The smallest absolute Gasteiger partial charge is 0.0323 e. The minimum Gasteiger partial charge on any atom is -0.0776 e. The standard InChI is InChI=1S/C8H14.C6H12.2CH4/c1-8-4-2-7(6-8)3-5-8;1-6-4-2-3-5-6;;/h7H,2-6H2,1H3;6H,2-5H2,1H3;2*1H4. The van der Waals surface area contributed by atoms with Gasteiger partial charge in [-0.15, -0.1) is 0 Å². The fourth-order valence-electron chi connectivity index (χ4n) is 3.61. The molecular weight excluding hydrogens is 192 g/mol. The molecule has 0 heteroatoms. The van der Waals surface area contributed by atoms with Gasteiger partial charge in [-0.3, -0.25) is 0 Å². The van der Waals surface area contributed by atoms with E-state index in [2.05, 4.69) is 13.8 Å². The summed E-state index contributed by atoms with van der Waals surface area (Å²) in [5.41, 5.74) is 0.810. The third-order valence-corrected chi connectivity index (χ3v) is 4.74. The van der Waals surface area contributed by atoms with Crippen LogP contribution in [0.2, 0.25) is 0 Å². The molecule has 2 bridgehead atoms. The maximum absolute atomic E-state index is 2.46. The van der Waals surface area contributed by atoms with Crippen molar-refractivity contribution in [3.8, 4) is 0 Å². The molecule has 3 rings (SSSR count). The molecule has 0 aromatic rings. The van der Waals surface area contributed by atoms with Gasteiger partial charge >= 0.3 is 0 Å². The highest BCUT2D eigenvalue weighted by atomic mass is 14.5. The monoisotopic (exact) mass is 226 g/mol. The van der Waals surface area contributed by atoms with Gasteiger partial charge in [0, 0.05) is 0 Å². The van der Waals surface area contributed by atoms with Crippen molar-refractivity contribution in [1.29, 1.82) is 0 Å². The van der Waals surface area contributed by atoms with Crippen molar-refractivity contribution >= 4 is 0 Å². The summed E-state index contributed by atoms with van der Waals surface area (Å²) in [4.78, 5) is 0. The summed E-state index contributed by atoms with van der Waals surface area (Å²) in [6.45, 7) is 4.80. The molecule has 0 aliphatic heterocycles. The second-order valence-electron chi connectivity index (χ2n) is 6.35. The van der Waals surface area contributed by atoms with Crippen LogP contribution in [0.3, 0.4) is 0 Å². The molecule has 0 nitrogen and oxygen atoms in total. The van der Waals surface area contributed by atoms with E-state index in [-0.39, 0.29) is 14.9 Å². The molecule has 98 valence electrons. The van der Waals surface area contributed by atoms with Crippen LogP contribution in [0.15, 0.2) is 0 Å². The lowest BCUT2D eigenvalue weighted by molar-refractivity contribution is 0.332. The van der Waals surface area contributed by atoms with E-state index < -0.39 is 0 Å². The first-order valence-corrected chi connectivity index (χ1v) is 6.68. The van der Waals surface area contributed by atoms with Crippen LogP contribution in [-0.4, -0.2) is 0 Å². The Balaban J connectivity index is 0.000000259. The maximum atomic E-state index is 2.46. The van der Waals surface area contributed by atoms with E-state index in [4.69, 9.17) is 0 Å². The highest BCUT2D eigenvalue weighted by Crippen LogP contribution is 2.53. The molecule has 16 heavy (non-hydrogen) atoms. The largest absolute Gasteiger partial charge is 0.0776 e. The number of fused-ring (bicyclic) bond motifs is 2. The van der Waals surface area contributed by atoms with Crippen molar-refractivity contribution < 1.29 is 0 Å². The molecule has 0 heterocycles. The predicted octanol–water partition coefficient (Wildman–Crippen LogP) is 6.06. The third-order valence-electron chi connectivity index (χ3n) is 4.74. The lowest BCUT2D eigenvalue weighted by atomic mass is 9.87. The topological polar surface area (TPSA) is 0 Å². The summed E-state index contributed by atoms with van der Waals surface area (Å²) in [7, 11) is 0. The molecule has 0 saturated heterocycles. The minimum absolute atomic E-state index is 0. The van der Waals surface area contributed by atoms with Crippen LogP contribution in [0.25, 0.3) is 0 Å². The van der Waals surface area contributed by atoms with E-state index in [0.717, 1.165) is 17.3 Å². The van der Waals surface area contributed by atoms with Crippen LogP contribution in [0.5, 0.6) is 0 Å². The van der Waals surface area contributed by atoms with Crippen molar-refractivity contribution in [3.63, 3.8) is 0 Å². The molecule has 0 aromatic carbocycles. The van der Waals surface area contributed by atoms with Gasteiger partial charge in [-0.1, -0.05) is 54.4 Å². The lowest BCUT2D eigenvalue weighted by Gasteiger charge is -2.18. The predicted molar refractivity (Wildman–Crippen MR) is 75.8 cm³/mol. The Morgan fingerprint density at radius 1 is 0.875 bits per heavy atom. The summed E-state index contributed by atoms with van der Waals surface area (Å²) in [6.07, 6.45) is 13.6. The summed E-state index contributed by atoms with van der Waals surface area (Å²) in [5, 5.41) is 0. The maximum Gasteiger partial charge on any atom is -0.0323 e. The van der Waals surface area contributed by atoms with Gasteiger partial charge in [-0.05, 0) is 49.4 Å². The number of hydrogen-bond acceptors (Lipinski definition) is 0. The summed E-state index contributed by atoms with van der Waals surface area (Å²) in [6, 6.07) is 0. The van der Waals surface area contributed by atoms with Gasteiger partial charge in [0.05, 0.1) is 0 Å². The highest BCUT2D eigenvalue weighted by molar-refractivity contribution is 4.92. The van der Waals surface area contributed by atoms with Gasteiger partial charge in [-0.2, -0.15) is 0 Å². The first kappa shape index (κ1) is 16.0. The molecule has 3 saturated carbocycles. The van der Waals surface area contributed by atoms with Gasteiger partial charge in [0.1, 0.15) is 0 Å². The first-order valence-electron chi connectivity index (χ1n) is 6.68. The molecule has 0 N–H and O–H groups in total. The fourth-order valence-corrected chi connectivity index (χ4v) is 3.61. The molecule has 0 radical (unpaired) electrons. The second-order valence-corrected chi connectivity index (χ2v) is 6.35. The fraction of sp³-hybridized carbons (Fsp3) is 1.00. The highest BCUT2D eigenvalue weighted by Gasteiger charge is 2.40. The van der Waals surface area contributed by atoms with Crippen LogP contribution in [0.4, 0.5) is 0 Å². The molecular formula is C16H34. The van der Waals surface area contributed by atoms with E-state index >= 15 is 0 Å². The molecule has 3 aliphatic rings. The van der Waals surface area contributed by atoms with Crippen molar-refractivity contribution in [3.05, 3.63) is 0 Å². The van der Waals surface area contributed by atoms with Crippen molar-refractivity contribution in [2.75, 3.05) is 0 Å². The van der Waals surface area contributed by atoms with Crippen LogP contribution in [-0.2, 0) is 0 Å². The van der Waals surface area contributed by atoms with E-state index in [9.17, 15) is 0 Å². The van der Waals surface area contributed by atoms with Gasteiger partial charge in [0.15, 0.2) is 0 Å². The van der Waals surface area contributed by atoms with Crippen molar-refractivity contribution in [1.82, 2.24) is 0 Å². The normalized spacial score (nSPS) is 36.0. The minimum atomic E-state index is 0. The van der Waals surface area contributed by atoms with Crippen LogP contribution < -0.4 is 0 Å². The third kappa shape index (κ3) is 4.11. The first-order chi connectivity index (χ1) is 6.68. The zero-order valence-electron chi connectivity index (χ0n) is 10.0. The Bertz CT molecular complexity index is 168. The van der Waals surface area contributed by atoms with E-state index in [1.54, 1.807) is 6.42 Å². The second kappa shape index (κ2) is 6.67. The summed E-state index contributed by atoms with van der Waals surface area (Å²) >= 11 is 0. The van der Waals surface area contributed by atoms with Crippen LogP contribution >= 0.6 is 0 Å². The van der Waals surface area contributed by atoms with Crippen LogP contribution in [0, 0.1) is 17.3 Å². The van der Waals surface area contributed by atoms with E-state index in [0.29, 0.717) is 0 Å². The summed E-state index contributed by atoms with van der Waals surface area (Å²) < 4.78 is 0. The molecule has 3 aliphatic carbocycles. The van der Waals surface area contributed by atoms with Gasteiger partial charge < -0.3 is 0 Å². The molecule has 0 aromatic heterocycles. The average molecular weight is 226 g/mol. The van der Waals surface area contributed by atoms with Gasteiger partial charge in [-0.25, -0.2) is 0 Å². The Kier molecular flexibility index (Phi) is 6.67. The Morgan fingerprint density at radius 2 is 1.38 bits per heavy atom. The Morgan fingerprint density at radius 3 is 1.50 bits per heavy atom. The van der Waals surface area contributed by atoms with Crippen molar-refractivity contribution in [2.24, 2.45) is 17.3 Å². The number of hydrogen-bond donors (Lipinski definition) is 0. The van der Waals surface area contributed by atoms with E-state index in [1.807, 2.05) is 0 Å². The van der Waals surface area contributed by atoms with E-state index in [1.165, 1.54) is 51.4 Å². The Hall–Kier alpha value is 0. The molecule has 0 atom stereocenters. The Labute approximate surface area is 104 Å². The SMILES string of the molecule is C.C.CC12CCC(CC1)C2.CC1CCCC1. The molecule has 0 spiro atoms. The number of rotatable bonds is 0. The van der Waals surface area contributed by atoms with Gasteiger partial charge in [0.2, 0.25) is 0 Å². The van der Waals surface area contributed by atoms with Gasteiger partial charge in [0.25, 0.3) is 0 Å². The summed E-state index contributed by atoms with van der Waals surface area (Å²) in [5.74, 6) is 2.19. The molecule has 0 amide bonds. The average Bonchev–Trinajstić information content (AvgIpc) is 2.81. The lowest BCUT2D eigenvalue weighted by Crippen LogP contribution is -2.06. The quantitative estimate of drug-likeness (QED) is 0.471. The molecule has 0 unspecified atom stereocenters. The zero-order chi connectivity index (χ0) is 10.0. The molecule has 3 fully saturated rings.